The van der Waals surface area contributed by atoms with Crippen LogP contribution in [-0.4, -0.2) is 24.3 Å². The number of hydrogen-bond donors (Lipinski definition) is 1. The molecule has 2 aromatic carbocycles. The highest BCUT2D eigenvalue weighted by Gasteiger charge is 2.01. The maximum absolute atomic E-state index is 10.7. The van der Waals surface area contributed by atoms with E-state index < -0.39 is 5.97 Å². The lowest BCUT2D eigenvalue weighted by Gasteiger charge is -2.07. The average molecular weight is 286 g/mol. The summed E-state index contributed by atoms with van der Waals surface area (Å²) in [5.74, 6) is -0.265. The van der Waals surface area contributed by atoms with Crippen molar-refractivity contribution in [1.29, 1.82) is 0 Å². The lowest BCUT2D eigenvalue weighted by Crippen LogP contribution is -2.03. The van der Waals surface area contributed by atoms with Crippen LogP contribution in [0.5, 0.6) is 5.75 Å². The van der Waals surface area contributed by atoms with E-state index >= 15 is 0 Å². The Morgan fingerprint density at radius 2 is 1.67 bits per heavy atom. The van der Waals surface area contributed by atoms with Gasteiger partial charge in [-0.1, -0.05) is 30.3 Å². The largest absolute Gasteiger partial charge is 0.494 e. The van der Waals surface area contributed by atoms with Gasteiger partial charge in [-0.2, -0.15) is 0 Å². The second-order valence-electron chi connectivity index (χ2n) is 4.57. The SMILES string of the molecule is O=C(O)c1ccc(OCCCOCc2ccccc2)cc1. The summed E-state index contributed by atoms with van der Waals surface area (Å²) in [5.41, 5.74) is 1.41. The molecule has 0 aliphatic heterocycles. The fraction of sp³-hybridized carbons (Fsp3) is 0.235. The Bertz CT molecular complexity index is 549. The molecule has 0 radical (unpaired) electrons. The molecule has 0 unspecified atom stereocenters. The van der Waals surface area contributed by atoms with Gasteiger partial charge in [-0.05, 0) is 29.8 Å². The normalized spacial score (nSPS) is 10.3. The van der Waals surface area contributed by atoms with Gasteiger partial charge in [0.05, 0.1) is 25.4 Å². The lowest BCUT2D eigenvalue weighted by molar-refractivity contribution is 0.0697. The third kappa shape index (κ3) is 5.28. The summed E-state index contributed by atoms with van der Waals surface area (Å²) in [6.45, 7) is 1.78. The summed E-state index contributed by atoms with van der Waals surface area (Å²) in [4.78, 5) is 10.7. The van der Waals surface area contributed by atoms with Gasteiger partial charge in [0.2, 0.25) is 0 Å². The lowest BCUT2D eigenvalue weighted by atomic mass is 10.2. The highest BCUT2D eigenvalue weighted by molar-refractivity contribution is 5.87. The third-order valence-electron chi connectivity index (χ3n) is 2.91. The minimum atomic E-state index is -0.934. The molecule has 2 aromatic rings. The first-order valence-corrected chi connectivity index (χ1v) is 6.83. The molecule has 0 aromatic heterocycles. The molecule has 0 amide bonds. The maximum atomic E-state index is 10.7. The van der Waals surface area contributed by atoms with E-state index in [0.29, 0.717) is 25.6 Å². The van der Waals surface area contributed by atoms with Crippen LogP contribution in [0.25, 0.3) is 0 Å². The molecule has 0 saturated heterocycles. The third-order valence-corrected chi connectivity index (χ3v) is 2.91. The maximum Gasteiger partial charge on any atom is 0.335 e. The molecule has 4 heteroatoms. The Labute approximate surface area is 123 Å². The van der Waals surface area contributed by atoms with E-state index in [0.717, 1.165) is 12.0 Å². The first-order chi connectivity index (χ1) is 10.3. The van der Waals surface area contributed by atoms with Crippen molar-refractivity contribution in [3.63, 3.8) is 0 Å². The van der Waals surface area contributed by atoms with Crippen LogP contribution in [0, 0.1) is 0 Å². The second-order valence-corrected chi connectivity index (χ2v) is 4.57. The van der Waals surface area contributed by atoms with Crippen LogP contribution in [-0.2, 0) is 11.3 Å². The van der Waals surface area contributed by atoms with E-state index in [1.165, 1.54) is 12.1 Å². The van der Waals surface area contributed by atoms with E-state index in [2.05, 4.69) is 0 Å². The Balaban J connectivity index is 1.60. The Morgan fingerprint density at radius 3 is 2.33 bits per heavy atom. The summed E-state index contributed by atoms with van der Waals surface area (Å²) < 4.78 is 11.1. The van der Waals surface area contributed by atoms with Crippen molar-refractivity contribution in [1.82, 2.24) is 0 Å². The molecule has 21 heavy (non-hydrogen) atoms. The molecule has 0 spiro atoms. The van der Waals surface area contributed by atoms with Crippen LogP contribution in [0.4, 0.5) is 0 Å². The predicted octanol–water partition coefficient (Wildman–Crippen LogP) is 3.37. The second kappa shape index (κ2) is 8.07. The van der Waals surface area contributed by atoms with Crippen LogP contribution in [0.15, 0.2) is 54.6 Å². The molecule has 0 atom stereocenters. The molecule has 0 bridgehead atoms. The zero-order valence-corrected chi connectivity index (χ0v) is 11.7. The van der Waals surface area contributed by atoms with Crippen molar-refractivity contribution < 1.29 is 19.4 Å². The molecule has 0 heterocycles. The molecule has 0 saturated carbocycles. The van der Waals surface area contributed by atoms with Crippen LogP contribution in [0.2, 0.25) is 0 Å². The number of aromatic carboxylic acids is 1. The van der Waals surface area contributed by atoms with Crippen molar-refractivity contribution in [3.05, 3.63) is 65.7 Å². The van der Waals surface area contributed by atoms with Gasteiger partial charge in [0, 0.05) is 6.42 Å². The average Bonchev–Trinajstić information content (AvgIpc) is 2.52. The van der Waals surface area contributed by atoms with Crippen LogP contribution in [0.3, 0.4) is 0 Å². The summed E-state index contributed by atoms with van der Waals surface area (Å²) >= 11 is 0. The van der Waals surface area contributed by atoms with E-state index in [1.807, 2.05) is 30.3 Å². The molecule has 4 nitrogen and oxygen atoms in total. The van der Waals surface area contributed by atoms with E-state index in [-0.39, 0.29) is 5.56 Å². The Morgan fingerprint density at radius 1 is 0.952 bits per heavy atom. The highest BCUT2D eigenvalue weighted by Crippen LogP contribution is 2.12. The number of carboxylic acid groups (broad SMARTS) is 1. The fourth-order valence-electron chi connectivity index (χ4n) is 1.81. The number of ether oxygens (including phenoxy) is 2. The topological polar surface area (TPSA) is 55.8 Å². The van der Waals surface area contributed by atoms with E-state index in [9.17, 15) is 4.79 Å². The first kappa shape index (κ1) is 15.1. The summed E-state index contributed by atoms with van der Waals surface area (Å²) in [7, 11) is 0. The number of benzene rings is 2. The molecular formula is C17H18O4. The highest BCUT2D eigenvalue weighted by atomic mass is 16.5. The van der Waals surface area contributed by atoms with Gasteiger partial charge in [0.15, 0.2) is 0 Å². The van der Waals surface area contributed by atoms with Crippen molar-refractivity contribution in [2.75, 3.05) is 13.2 Å². The molecule has 1 N–H and O–H groups in total. The van der Waals surface area contributed by atoms with Crippen molar-refractivity contribution in [3.8, 4) is 5.75 Å². The van der Waals surface area contributed by atoms with Crippen molar-refractivity contribution >= 4 is 5.97 Å². The van der Waals surface area contributed by atoms with Crippen LogP contribution >= 0.6 is 0 Å². The van der Waals surface area contributed by atoms with Gasteiger partial charge >= 0.3 is 5.97 Å². The van der Waals surface area contributed by atoms with Crippen LogP contribution < -0.4 is 4.74 Å². The van der Waals surface area contributed by atoms with E-state index in [1.54, 1.807) is 12.1 Å². The Kier molecular flexibility index (Phi) is 5.79. The molecular weight excluding hydrogens is 268 g/mol. The minimum Gasteiger partial charge on any atom is -0.494 e. The van der Waals surface area contributed by atoms with E-state index in [4.69, 9.17) is 14.6 Å². The molecule has 2 rings (SSSR count). The van der Waals surface area contributed by atoms with Gasteiger partial charge < -0.3 is 14.6 Å². The van der Waals surface area contributed by atoms with Gasteiger partial charge in [0.1, 0.15) is 5.75 Å². The summed E-state index contributed by atoms with van der Waals surface area (Å²) in [5, 5.41) is 8.79. The summed E-state index contributed by atoms with van der Waals surface area (Å²) in [6.07, 6.45) is 0.785. The Hall–Kier alpha value is -2.33. The van der Waals surface area contributed by atoms with Gasteiger partial charge in [-0.25, -0.2) is 4.79 Å². The van der Waals surface area contributed by atoms with Crippen molar-refractivity contribution in [2.24, 2.45) is 0 Å². The quantitative estimate of drug-likeness (QED) is 0.756. The molecule has 0 aliphatic rings. The van der Waals surface area contributed by atoms with Gasteiger partial charge in [-0.3, -0.25) is 0 Å². The minimum absolute atomic E-state index is 0.258. The fourth-order valence-corrected chi connectivity index (χ4v) is 1.81. The predicted molar refractivity (Wildman–Crippen MR) is 79.6 cm³/mol. The number of carbonyl (C=O) groups is 1. The van der Waals surface area contributed by atoms with Crippen LogP contribution in [0.1, 0.15) is 22.3 Å². The van der Waals surface area contributed by atoms with Crippen molar-refractivity contribution in [2.45, 2.75) is 13.0 Å². The van der Waals surface area contributed by atoms with Gasteiger partial charge in [-0.15, -0.1) is 0 Å². The number of hydrogen-bond acceptors (Lipinski definition) is 3. The first-order valence-electron chi connectivity index (χ1n) is 6.83. The monoisotopic (exact) mass is 286 g/mol. The van der Waals surface area contributed by atoms with Gasteiger partial charge in [0.25, 0.3) is 0 Å². The smallest absolute Gasteiger partial charge is 0.335 e. The zero-order chi connectivity index (χ0) is 14.9. The molecule has 0 aliphatic carbocycles. The number of rotatable bonds is 8. The molecule has 110 valence electrons. The number of carboxylic acids is 1. The zero-order valence-electron chi connectivity index (χ0n) is 11.7. The standard InChI is InChI=1S/C17H18O4/c18-17(19)15-7-9-16(10-8-15)21-12-4-11-20-13-14-5-2-1-3-6-14/h1-3,5-10H,4,11-13H2,(H,18,19). The summed E-state index contributed by atoms with van der Waals surface area (Å²) in [6, 6.07) is 16.4. The molecule has 0 fully saturated rings.